The third kappa shape index (κ3) is 2.91. The summed E-state index contributed by atoms with van der Waals surface area (Å²) >= 11 is 0. The summed E-state index contributed by atoms with van der Waals surface area (Å²) in [6.45, 7) is 0.538. The van der Waals surface area contributed by atoms with Gasteiger partial charge in [0.2, 0.25) is 11.8 Å². The van der Waals surface area contributed by atoms with E-state index in [-0.39, 0.29) is 12.5 Å². The van der Waals surface area contributed by atoms with E-state index < -0.39 is 0 Å². The summed E-state index contributed by atoms with van der Waals surface area (Å²) in [6, 6.07) is 3.47. The molecule has 90 valence electrons. The fourth-order valence-corrected chi connectivity index (χ4v) is 1.20. The molecule has 0 aliphatic heterocycles. The van der Waals surface area contributed by atoms with E-state index >= 15 is 0 Å². The number of likely N-dealkylation sites (N-methyl/N-ethyl adjacent to an activating group) is 1. The largest absolute Gasteiger partial charge is 0.459 e. The average Bonchev–Trinajstić information content (AvgIpc) is 2.98. The molecule has 2 rings (SSSR count). The van der Waals surface area contributed by atoms with Gasteiger partial charge < -0.3 is 14.2 Å². The number of aromatic nitrogens is 2. The molecule has 2 N–H and O–H groups in total. The van der Waals surface area contributed by atoms with E-state index in [0.717, 1.165) is 0 Å². The minimum Gasteiger partial charge on any atom is -0.459 e. The lowest BCUT2D eigenvalue weighted by molar-refractivity contribution is -0.119. The number of amides is 1. The van der Waals surface area contributed by atoms with E-state index in [4.69, 9.17) is 8.83 Å². The lowest BCUT2D eigenvalue weighted by Gasteiger charge is -1.99. The first-order chi connectivity index (χ1) is 8.29. The van der Waals surface area contributed by atoms with Gasteiger partial charge in [-0.25, -0.2) is 0 Å². The van der Waals surface area contributed by atoms with Gasteiger partial charge in [-0.05, 0) is 12.1 Å². The average molecular weight is 236 g/mol. The molecule has 17 heavy (non-hydrogen) atoms. The molecule has 0 spiro atoms. The van der Waals surface area contributed by atoms with Crippen molar-refractivity contribution in [2.45, 2.75) is 6.54 Å². The fraction of sp³-hybridized carbons (Fsp3) is 0.300. The van der Waals surface area contributed by atoms with Crippen molar-refractivity contribution in [1.82, 2.24) is 20.8 Å². The first-order valence-corrected chi connectivity index (χ1v) is 5.07. The van der Waals surface area contributed by atoms with Crippen molar-refractivity contribution >= 4 is 5.91 Å². The van der Waals surface area contributed by atoms with Crippen LogP contribution in [0.5, 0.6) is 0 Å². The van der Waals surface area contributed by atoms with Crippen molar-refractivity contribution in [3.8, 4) is 11.7 Å². The van der Waals surface area contributed by atoms with Crippen LogP contribution in [0.3, 0.4) is 0 Å². The third-order valence-electron chi connectivity index (χ3n) is 2.04. The van der Waals surface area contributed by atoms with Gasteiger partial charge in [0, 0.05) is 7.05 Å². The van der Waals surface area contributed by atoms with Gasteiger partial charge >= 0.3 is 0 Å². The van der Waals surface area contributed by atoms with E-state index in [1.807, 2.05) is 0 Å². The van der Waals surface area contributed by atoms with Gasteiger partial charge in [-0.1, -0.05) is 0 Å². The third-order valence-corrected chi connectivity index (χ3v) is 2.04. The number of carbonyl (C=O) groups is 1. The zero-order valence-electron chi connectivity index (χ0n) is 9.27. The maximum absolute atomic E-state index is 10.9. The molecule has 7 heteroatoms. The van der Waals surface area contributed by atoms with E-state index in [9.17, 15) is 4.79 Å². The normalized spacial score (nSPS) is 10.4. The molecule has 0 aromatic carbocycles. The van der Waals surface area contributed by atoms with Gasteiger partial charge in [0.05, 0.1) is 19.4 Å². The highest BCUT2D eigenvalue weighted by atomic mass is 16.4. The van der Waals surface area contributed by atoms with Gasteiger partial charge in [0.15, 0.2) is 5.76 Å². The van der Waals surface area contributed by atoms with E-state index in [1.165, 1.54) is 6.26 Å². The van der Waals surface area contributed by atoms with Gasteiger partial charge in [-0.3, -0.25) is 10.1 Å². The Balaban J connectivity index is 1.89. The molecule has 0 unspecified atom stereocenters. The first-order valence-electron chi connectivity index (χ1n) is 5.07. The van der Waals surface area contributed by atoms with Gasteiger partial charge in [-0.2, -0.15) is 0 Å². The summed E-state index contributed by atoms with van der Waals surface area (Å²) < 4.78 is 10.4. The van der Waals surface area contributed by atoms with Crippen LogP contribution in [0.25, 0.3) is 11.7 Å². The lowest BCUT2D eigenvalue weighted by atomic mass is 10.4. The molecule has 0 bridgehead atoms. The quantitative estimate of drug-likeness (QED) is 0.768. The molecule has 2 aromatic heterocycles. The molecule has 0 aliphatic carbocycles. The smallest absolute Gasteiger partial charge is 0.283 e. The Hall–Kier alpha value is -2.15. The molecule has 2 aromatic rings. The second-order valence-electron chi connectivity index (χ2n) is 3.25. The van der Waals surface area contributed by atoms with Gasteiger partial charge in [0.25, 0.3) is 5.89 Å². The SMILES string of the molecule is CNC(=O)CNCc1nnc(-c2ccco2)o1. The van der Waals surface area contributed by atoms with Crippen molar-refractivity contribution in [3.05, 3.63) is 24.3 Å². The number of nitrogens with one attached hydrogen (secondary N) is 2. The Labute approximate surface area is 97.2 Å². The molecule has 7 nitrogen and oxygen atoms in total. The summed E-state index contributed by atoms with van der Waals surface area (Å²) in [5, 5.41) is 13.0. The monoisotopic (exact) mass is 236 g/mol. The van der Waals surface area contributed by atoms with Crippen molar-refractivity contribution in [2.24, 2.45) is 0 Å². The van der Waals surface area contributed by atoms with Crippen LogP contribution >= 0.6 is 0 Å². The second-order valence-corrected chi connectivity index (χ2v) is 3.25. The van der Waals surface area contributed by atoms with Crippen molar-refractivity contribution in [3.63, 3.8) is 0 Å². The maximum Gasteiger partial charge on any atom is 0.283 e. The Morgan fingerprint density at radius 1 is 1.47 bits per heavy atom. The Bertz CT molecular complexity index is 477. The van der Waals surface area contributed by atoms with Crippen LogP contribution in [0.4, 0.5) is 0 Å². The zero-order valence-corrected chi connectivity index (χ0v) is 9.27. The standard InChI is InChI=1S/C10H12N4O3/c1-11-8(15)5-12-6-9-13-14-10(17-9)7-3-2-4-16-7/h2-4,12H,5-6H2,1H3,(H,11,15). The topological polar surface area (TPSA) is 93.2 Å². The van der Waals surface area contributed by atoms with Gasteiger partial charge in [-0.15, -0.1) is 10.2 Å². The number of carbonyl (C=O) groups excluding carboxylic acids is 1. The number of hydrogen-bond acceptors (Lipinski definition) is 6. The summed E-state index contributed by atoms with van der Waals surface area (Å²) in [5.41, 5.74) is 0. The van der Waals surface area contributed by atoms with Crippen LogP contribution in [-0.4, -0.2) is 29.7 Å². The summed E-state index contributed by atoms with van der Waals surface area (Å²) in [4.78, 5) is 10.9. The van der Waals surface area contributed by atoms with E-state index in [2.05, 4.69) is 20.8 Å². The zero-order chi connectivity index (χ0) is 12.1. The van der Waals surface area contributed by atoms with Gasteiger partial charge in [0.1, 0.15) is 0 Å². The predicted octanol–water partition coefficient (Wildman–Crippen LogP) is 0.165. The van der Waals surface area contributed by atoms with Crippen LogP contribution in [0.15, 0.2) is 27.2 Å². The Morgan fingerprint density at radius 2 is 2.35 bits per heavy atom. The molecule has 1 amide bonds. The fourth-order valence-electron chi connectivity index (χ4n) is 1.20. The summed E-state index contributed by atoms with van der Waals surface area (Å²) in [7, 11) is 1.58. The van der Waals surface area contributed by atoms with Crippen LogP contribution < -0.4 is 10.6 Å². The number of rotatable bonds is 5. The highest BCUT2D eigenvalue weighted by Crippen LogP contribution is 2.17. The Kier molecular flexibility index (Phi) is 3.51. The minimum atomic E-state index is -0.101. The molecule has 0 aliphatic rings. The molecule has 2 heterocycles. The van der Waals surface area contributed by atoms with Crippen LogP contribution in [0, 0.1) is 0 Å². The first kappa shape index (κ1) is 11.3. The van der Waals surface area contributed by atoms with Crippen molar-refractivity contribution in [1.29, 1.82) is 0 Å². The molecule has 0 saturated carbocycles. The molecular formula is C10H12N4O3. The Morgan fingerprint density at radius 3 is 3.06 bits per heavy atom. The molecule has 0 atom stereocenters. The number of hydrogen-bond donors (Lipinski definition) is 2. The highest BCUT2D eigenvalue weighted by Gasteiger charge is 2.10. The lowest BCUT2D eigenvalue weighted by Crippen LogP contribution is -2.31. The van der Waals surface area contributed by atoms with Crippen LogP contribution in [0.1, 0.15) is 5.89 Å². The van der Waals surface area contributed by atoms with E-state index in [0.29, 0.717) is 24.1 Å². The summed E-state index contributed by atoms with van der Waals surface area (Å²) in [5.74, 6) is 1.15. The second kappa shape index (κ2) is 5.26. The number of nitrogens with zero attached hydrogens (tertiary/aromatic N) is 2. The molecule has 0 fully saturated rings. The van der Waals surface area contributed by atoms with Crippen molar-refractivity contribution < 1.29 is 13.6 Å². The van der Waals surface area contributed by atoms with E-state index in [1.54, 1.807) is 19.2 Å². The molecular weight excluding hydrogens is 224 g/mol. The molecule has 0 saturated heterocycles. The predicted molar refractivity (Wildman–Crippen MR) is 57.8 cm³/mol. The van der Waals surface area contributed by atoms with Crippen LogP contribution in [-0.2, 0) is 11.3 Å². The van der Waals surface area contributed by atoms with Crippen molar-refractivity contribution in [2.75, 3.05) is 13.6 Å². The minimum absolute atomic E-state index is 0.101. The number of furan rings is 1. The highest BCUT2D eigenvalue weighted by molar-refractivity contribution is 5.77. The summed E-state index contributed by atoms with van der Waals surface area (Å²) in [6.07, 6.45) is 1.53. The molecule has 0 radical (unpaired) electrons. The van der Waals surface area contributed by atoms with Crippen LogP contribution in [0.2, 0.25) is 0 Å². The maximum atomic E-state index is 10.9.